The first-order valence-corrected chi connectivity index (χ1v) is 15.7. The number of hydrogen-bond acceptors (Lipinski definition) is 11. The van der Waals surface area contributed by atoms with Crippen LogP contribution in [0.5, 0.6) is 0 Å². The van der Waals surface area contributed by atoms with Crippen molar-refractivity contribution in [2.75, 3.05) is 11.5 Å². The molecule has 2 unspecified atom stereocenters. The highest BCUT2D eigenvalue weighted by atomic mass is 32.2. The summed E-state index contributed by atoms with van der Waals surface area (Å²) in [6.07, 6.45) is 1.56. The normalized spacial score (nSPS) is 19.2. The van der Waals surface area contributed by atoms with Gasteiger partial charge in [-0.3, -0.25) is 14.5 Å². The molecule has 14 heteroatoms. The van der Waals surface area contributed by atoms with Gasteiger partial charge in [-0.05, 0) is 35.6 Å². The van der Waals surface area contributed by atoms with Crippen molar-refractivity contribution in [1.82, 2.24) is 20.4 Å². The Morgan fingerprint density at radius 3 is 2.70 bits per heavy atom. The summed E-state index contributed by atoms with van der Waals surface area (Å²) < 4.78 is 6.21. The number of amides is 2. The lowest BCUT2D eigenvalue weighted by Gasteiger charge is -2.49. The number of carboxylic acid groups (broad SMARTS) is 1. The van der Waals surface area contributed by atoms with Crippen LogP contribution in [0.1, 0.15) is 21.6 Å². The van der Waals surface area contributed by atoms with Crippen molar-refractivity contribution >= 4 is 76.0 Å². The predicted octanol–water partition coefficient (Wildman–Crippen LogP) is 3.74. The van der Waals surface area contributed by atoms with Gasteiger partial charge in [0.05, 0.1) is 4.88 Å². The number of carbonyl (C=O) groups is 4. The average Bonchev–Trinajstić information content (AvgIpc) is 3.64. The number of nitrogens with one attached hydrogen (secondary N) is 1. The van der Waals surface area contributed by atoms with Crippen molar-refractivity contribution in [3.8, 4) is 0 Å². The third-order valence-electron chi connectivity index (χ3n) is 5.91. The van der Waals surface area contributed by atoms with E-state index in [2.05, 4.69) is 15.5 Å². The predicted molar refractivity (Wildman–Crippen MR) is 154 cm³/mol. The van der Waals surface area contributed by atoms with E-state index in [4.69, 9.17) is 4.74 Å². The van der Waals surface area contributed by atoms with Crippen molar-refractivity contribution < 1.29 is 29.0 Å². The Bertz CT molecular complexity index is 1490. The van der Waals surface area contributed by atoms with E-state index in [-0.39, 0.29) is 5.70 Å². The van der Waals surface area contributed by atoms with E-state index in [1.54, 1.807) is 23.6 Å². The van der Waals surface area contributed by atoms with Crippen LogP contribution in [-0.4, -0.2) is 66.9 Å². The number of aliphatic carboxylic acids is 1. The Morgan fingerprint density at radius 1 is 1.23 bits per heavy atom. The Kier molecular flexibility index (Phi) is 8.69. The molecule has 1 fully saturated rings. The van der Waals surface area contributed by atoms with Crippen LogP contribution < -0.4 is 5.32 Å². The van der Waals surface area contributed by atoms with Gasteiger partial charge in [-0.2, -0.15) is 0 Å². The van der Waals surface area contributed by atoms with E-state index in [1.165, 1.54) is 57.2 Å². The maximum absolute atomic E-state index is 13.3. The number of hydrogen-bond donors (Lipinski definition) is 2. The Labute approximate surface area is 245 Å². The first-order valence-electron chi connectivity index (χ1n) is 11.9. The lowest BCUT2D eigenvalue weighted by Crippen LogP contribution is -2.71. The van der Waals surface area contributed by atoms with Crippen molar-refractivity contribution in [2.24, 2.45) is 0 Å². The molecule has 2 aliphatic heterocycles. The summed E-state index contributed by atoms with van der Waals surface area (Å²) in [4.78, 5) is 52.8. The molecule has 2 aromatic heterocycles. The lowest BCUT2D eigenvalue weighted by atomic mass is 10.0. The molecule has 4 heterocycles. The van der Waals surface area contributed by atoms with E-state index in [9.17, 15) is 24.3 Å². The molecule has 3 atom stereocenters. The maximum atomic E-state index is 13.3. The zero-order valence-electron chi connectivity index (χ0n) is 20.9. The van der Waals surface area contributed by atoms with Crippen LogP contribution in [0.15, 0.2) is 69.5 Å². The number of aromatic nitrogens is 2. The monoisotopic (exact) mass is 614 g/mol. The summed E-state index contributed by atoms with van der Waals surface area (Å²) in [5, 5.41) is 22.6. The van der Waals surface area contributed by atoms with E-state index in [0.29, 0.717) is 22.0 Å². The summed E-state index contributed by atoms with van der Waals surface area (Å²) in [5.74, 6) is -2.38. The zero-order valence-corrected chi connectivity index (χ0v) is 24.1. The van der Waals surface area contributed by atoms with Gasteiger partial charge in [-0.25, -0.2) is 9.59 Å². The molecule has 0 radical (unpaired) electrons. The van der Waals surface area contributed by atoms with Crippen molar-refractivity contribution in [1.29, 1.82) is 0 Å². The number of carbonyl (C=O) groups excluding carboxylic acids is 3. The molecular formula is C26H22N4O6S4. The zero-order chi connectivity index (χ0) is 28.2. The number of β-lactam (4-membered cyclic amide) rings is 1. The molecule has 2 N–H and O–H groups in total. The SMILES string of the molecule is Cc1nnc(SCC2=C(C(=O)O)N3C(=O)C(NC(=O)C(OC(=O)C=Cc4ccccc4)c4cccs4)[C@@H]3SC2)s1. The third kappa shape index (κ3) is 6.14. The summed E-state index contributed by atoms with van der Waals surface area (Å²) >= 11 is 5.40. The smallest absolute Gasteiger partial charge is 0.352 e. The van der Waals surface area contributed by atoms with Gasteiger partial charge in [-0.1, -0.05) is 59.5 Å². The molecule has 206 valence electrons. The van der Waals surface area contributed by atoms with Crippen LogP contribution in [0.4, 0.5) is 0 Å². The second-order valence-electron chi connectivity index (χ2n) is 8.61. The van der Waals surface area contributed by atoms with Crippen LogP contribution in [0, 0.1) is 6.92 Å². The number of nitrogens with zero attached hydrogens (tertiary/aromatic N) is 3. The molecule has 2 aliphatic rings. The van der Waals surface area contributed by atoms with Gasteiger partial charge in [-0.15, -0.1) is 33.3 Å². The Morgan fingerprint density at radius 2 is 2.02 bits per heavy atom. The van der Waals surface area contributed by atoms with Crippen LogP contribution in [0.3, 0.4) is 0 Å². The van der Waals surface area contributed by atoms with Gasteiger partial charge in [0.15, 0.2) is 4.34 Å². The number of carboxylic acids is 1. The second-order valence-corrected chi connectivity index (χ2v) is 13.1. The number of thioether (sulfide) groups is 2. The Balaban J connectivity index is 1.27. The fourth-order valence-corrected chi connectivity index (χ4v) is 8.12. The number of rotatable bonds is 10. The fraction of sp³-hybridized carbons (Fsp3) is 0.231. The fourth-order valence-electron chi connectivity index (χ4n) is 4.07. The minimum atomic E-state index is -1.26. The highest BCUT2D eigenvalue weighted by Crippen LogP contribution is 2.42. The first-order chi connectivity index (χ1) is 19.3. The van der Waals surface area contributed by atoms with E-state index >= 15 is 0 Å². The molecule has 0 aliphatic carbocycles. The van der Waals surface area contributed by atoms with Crippen molar-refractivity contribution in [2.45, 2.75) is 28.8 Å². The minimum Gasteiger partial charge on any atom is -0.477 e. The van der Waals surface area contributed by atoms with Gasteiger partial charge in [0, 0.05) is 17.6 Å². The molecule has 5 rings (SSSR count). The summed E-state index contributed by atoms with van der Waals surface area (Å²) in [5.41, 5.74) is 1.32. The quantitative estimate of drug-likeness (QED) is 0.150. The molecule has 0 bridgehead atoms. The van der Waals surface area contributed by atoms with Gasteiger partial charge in [0.2, 0.25) is 6.10 Å². The molecule has 2 amide bonds. The van der Waals surface area contributed by atoms with Gasteiger partial charge < -0.3 is 15.2 Å². The average molecular weight is 615 g/mol. The first kappa shape index (κ1) is 28.1. The molecule has 40 heavy (non-hydrogen) atoms. The number of benzene rings is 1. The van der Waals surface area contributed by atoms with E-state index in [1.807, 2.05) is 37.3 Å². The molecule has 3 aromatic rings. The summed E-state index contributed by atoms with van der Waals surface area (Å²) in [6, 6.07) is 11.6. The topological polar surface area (TPSA) is 139 Å². The Hall–Kier alpha value is -3.46. The van der Waals surface area contributed by atoms with Crippen molar-refractivity contribution in [3.05, 3.63) is 80.6 Å². The molecule has 10 nitrogen and oxygen atoms in total. The third-order valence-corrected chi connectivity index (χ3v) is 10.2. The van der Waals surface area contributed by atoms with Crippen molar-refractivity contribution in [3.63, 3.8) is 0 Å². The largest absolute Gasteiger partial charge is 0.477 e. The molecule has 1 aromatic carbocycles. The lowest BCUT2D eigenvalue weighted by molar-refractivity contribution is -0.156. The summed E-state index contributed by atoms with van der Waals surface area (Å²) in [7, 11) is 0. The van der Waals surface area contributed by atoms with Gasteiger partial charge in [0.1, 0.15) is 22.1 Å². The number of fused-ring (bicyclic) bond motifs is 1. The van der Waals surface area contributed by atoms with E-state index in [0.717, 1.165) is 14.9 Å². The highest BCUT2D eigenvalue weighted by Gasteiger charge is 2.54. The molecule has 0 saturated carbocycles. The molecule has 0 spiro atoms. The van der Waals surface area contributed by atoms with Crippen LogP contribution in [0.2, 0.25) is 0 Å². The number of esters is 1. The minimum absolute atomic E-state index is 0.0692. The second kappa shape index (κ2) is 12.4. The van der Waals surface area contributed by atoms with Crippen LogP contribution in [0.25, 0.3) is 6.08 Å². The molecule has 1 saturated heterocycles. The number of aryl methyl sites for hydroxylation is 1. The van der Waals surface area contributed by atoms with E-state index < -0.39 is 41.3 Å². The van der Waals surface area contributed by atoms with Crippen LogP contribution >= 0.6 is 46.2 Å². The molecular weight excluding hydrogens is 593 g/mol. The maximum Gasteiger partial charge on any atom is 0.352 e. The van der Waals surface area contributed by atoms with Gasteiger partial charge >= 0.3 is 11.9 Å². The van der Waals surface area contributed by atoms with Crippen LogP contribution in [-0.2, 0) is 23.9 Å². The number of ether oxygens (including phenoxy) is 1. The number of thiophene rings is 1. The van der Waals surface area contributed by atoms with Gasteiger partial charge in [0.25, 0.3) is 11.8 Å². The standard InChI is InChI=1S/C26H22N4O6S4/c1-14-28-29-26(40-14)39-13-16-12-38-24-19(23(33)30(24)20(16)25(34)35)27-22(32)21(17-8-5-11-37-17)36-18(31)10-9-15-6-3-2-4-7-15/h2-11,19,21,24H,12-13H2,1H3,(H,27,32)(H,34,35)/t19?,21?,24-/m0/s1. The highest BCUT2D eigenvalue weighted by molar-refractivity contribution is 8.01. The summed E-state index contributed by atoms with van der Waals surface area (Å²) in [6.45, 7) is 1.84.